The van der Waals surface area contributed by atoms with Gasteiger partial charge in [-0.1, -0.05) is 12.1 Å². The molecule has 4 heterocycles. The maximum atomic E-state index is 13.0. The van der Waals surface area contributed by atoms with E-state index in [1.54, 1.807) is 7.11 Å². The van der Waals surface area contributed by atoms with Crippen molar-refractivity contribution >= 4 is 22.6 Å². The predicted molar refractivity (Wildman–Crippen MR) is 121 cm³/mol. The Morgan fingerprint density at radius 1 is 1.19 bits per heavy atom. The highest BCUT2D eigenvalue weighted by Gasteiger charge is 2.42. The van der Waals surface area contributed by atoms with Gasteiger partial charge in [-0.3, -0.25) is 4.79 Å². The Hall–Kier alpha value is -2.23. The van der Waals surface area contributed by atoms with E-state index in [0.29, 0.717) is 19.6 Å². The van der Waals surface area contributed by atoms with Crippen molar-refractivity contribution in [2.75, 3.05) is 51.4 Å². The molecule has 172 valence electrons. The predicted octanol–water partition coefficient (Wildman–Crippen LogP) is 2.72. The second-order valence-corrected chi connectivity index (χ2v) is 9.45. The van der Waals surface area contributed by atoms with Crippen molar-refractivity contribution in [2.45, 2.75) is 37.9 Å². The summed E-state index contributed by atoms with van der Waals surface area (Å²) < 4.78 is 21.4. The average Bonchev–Trinajstić information content (AvgIpc) is 3.49. The van der Waals surface area contributed by atoms with E-state index in [4.69, 9.17) is 19.2 Å². The van der Waals surface area contributed by atoms with Gasteiger partial charge in [0, 0.05) is 62.9 Å². The Morgan fingerprint density at radius 2 is 1.94 bits per heavy atom. The molecule has 0 saturated carbocycles. The molecule has 0 aliphatic carbocycles. The van der Waals surface area contributed by atoms with E-state index in [-0.39, 0.29) is 11.8 Å². The summed E-state index contributed by atoms with van der Waals surface area (Å²) >= 11 is 1.44. The molecule has 5 rings (SSSR count). The number of hydrogen-bond donors (Lipinski definition) is 0. The first-order valence-corrected chi connectivity index (χ1v) is 12.2. The van der Waals surface area contributed by atoms with Gasteiger partial charge in [-0.25, -0.2) is 4.98 Å². The van der Waals surface area contributed by atoms with Gasteiger partial charge >= 0.3 is 0 Å². The van der Waals surface area contributed by atoms with Crippen LogP contribution in [0.15, 0.2) is 24.3 Å². The summed E-state index contributed by atoms with van der Waals surface area (Å²) in [6.07, 6.45) is 3.96. The first-order chi connectivity index (χ1) is 15.6. The van der Waals surface area contributed by atoms with Gasteiger partial charge in [-0.15, -0.1) is 0 Å². The third-order valence-corrected chi connectivity index (χ3v) is 7.53. The van der Waals surface area contributed by atoms with Gasteiger partial charge in [0.05, 0.1) is 20.3 Å². The molecule has 3 aliphatic rings. The van der Waals surface area contributed by atoms with E-state index in [1.165, 1.54) is 11.5 Å². The molecular weight excluding hydrogens is 428 g/mol. The first kappa shape index (κ1) is 21.6. The fourth-order valence-corrected chi connectivity index (χ4v) is 5.58. The second kappa shape index (κ2) is 9.33. The molecule has 3 fully saturated rings. The Kier molecular flexibility index (Phi) is 6.30. The van der Waals surface area contributed by atoms with Crippen molar-refractivity contribution in [3.8, 4) is 5.75 Å². The monoisotopic (exact) mass is 458 g/mol. The molecular formula is C23H30N4O4S. The lowest BCUT2D eigenvalue weighted by atomic mass is 9.94. The third-order valence-electron chi connectivity index (χ3n) is 6.72. The first-order valence-electron chi connectivity index (χ1n) is 11.4. The maximum absolute atomic E-state index is 13.0. The van der Waals surface area contributed by atoms with Gasteiger partial charge < -0.3 is 24.0 Å². The zero-order valence-electron chi connectivity index (χ0n) is 18.5. The Bertz CT molecular complexity index is 928. The van der Waals surface area contributed by atoms with Crippen LogP contribution in [0, 0.1) is 5.92 Å². The van der Waals surface area contributed by atoms with Gasteiger partial charge in [0.25, 0.3) is 0 Å². The number of methoxy groups -OCH3 is 1. The minimum absolute atomic E-state index is 0.0925. The Balaban J connectivity index is 1.12. The molecule has 1 amide bonds. The van der Waals surface area contributed by atoms with Crippen LogP contribution in [0.1, 0.15) is 37.1 Å². The highest BCUT2D eigenvalue weighted by Crippen LogP contribution is 2.33. The lowest BCUT2D eigenvalue weighted by Crippen LogP contribution is -2.50. The molecule has 2 aromatic rings. The van der Waals surface area contributed by atoms with Gasteiger partial charge in [0.1, 0.15) is 11.6 Å². The molecule has 3 saturated heterocycles. The van der Waals surface area contributed by atoms with E-state index in [2.05, 4.69) is 15.3 Å². The molecule has 32 heavy (non-hydrogen) atoms. The van der Waals surface area contributed by atoms with Crippen LogP contribution in [0.3, 0.4) is 0 Å². The van der Waals surface area contributed by atoms with E-state index >= 15 is 0 Å². The summed E-state index contributed by atoms with van der Waals surface area (Å²) in [4.78, 5) is 22.1. The lowest BCUT2D eigenvalue weighted by molar-refractivity contribution is -0.188. The quantitative estimate of drug-likeness (QED) is 0.682. The summed E-state index contributed by atoms with van der Waals surface area (Å²) in [5.74, 6) is 1.62. The molecule has 0 unspecified atom stereocenters. The molecule has 0 atom stereocenters. The van der Waals surface area contributed by atoms with E-state index in [0.717, 1.165) is 74.1 Å². The normalized spacial score (nSPS) is 21.3. The molecule has 3 aliphatic heterocycles. The van der Waals surface area contributed by atoms with Crippen LogP contribution in [0.2, 0.25) is 0 Å². The topological polar surface area (TPSA) is 77.0 Å². The van der Waals surface area contributed by atoms with Gasteiger partial charge in [0.15, 0.2) is 5.79 Å². The number of carbonyl (C=O) groups is 1. The Labute approximate surface area is 192 Å². The van der Waals surface area contributed by atoms with E-state index in [9.17, 15) is 4.79 Å². The van der Waals surface area contributed by atoms with Crippen LogP contribution >= 0.6 is 11.5 Å². The summed E-state index contributed by atoms with van der Waals surface area (Å²) in [6, 6.07) is 8.01. The van der Waals surface area contributed by atoms with Crippen molar-refractivity contribution in [1.82, 2.24) is 14.3 Å². The molecule has 1 spiro atoms. The average molecular weight is 459 g/mol. The lowest BCUT2D eigenvalue weighted by Gasteiger charge is -2.40. The maximum Gasteiger partial charge on any atom is 0.225 e. The summed E-state index contributed by atoms with van der Waals surface area (Å²) in [7, 11) is 1.67. The fourth-order valence-electron chi connectivity index (χ4n) is 4.84. The zero-order chi connectivity index (χ0) is 22.0. The number of anilines is 1. The van der Waals surface area contributed by atoms with Gasteiger partial charge in [-0.2, -0.15) is 4.37 Å². The van der Waals surface area contributed by atoms with Crippen molar-refractivity contribution in [1.29, 1.82) is 0 Å². The number of ether oxygens (including phenoxy) is 3. The fraction of sp³-hybridized carbons (Fsp3) is 0.609. The number of likely N-dealkylation sites (tertiary alicyclic amines) is 1. The number of hydrogen-bond acceptors (Lipinski definition) is 8. The van der Waals surface area contributed by atoms with Crippen LogP contribution in [0.4, 0.5) is 5.13 Å². The van der Waals surface area contributed by atoms with Crippen molar-refractivity contribution in [2.24, 2.45) is 5.92 Å². The number of nitrogens with zero attached hydrogens (tertiary/aromatic N) is 4. The smallest absolute Gasteiger partial charge is 0.225 e. The molecule has 0 radical (unpaired) electrons. The number of aromatic nitrogens is 2. The van der Waals surface area contributed by atoms with Crippen LogP contribution in [-0.4, -0.2) is 72.5 Å². The van der Waals surface area contributed by atoms with E-state index in [1.807, 2.05) is 23.1 Å². The molecule has 0 N–H and O–H groups in total. The van der Waals surface area contributed by atoms with E-state index < -0.39 is 5.79 Å². The molecule has 0 bridgehead atoms. The van der Waals surface area contributed by atoms with Crippen LogP contribution in [0.5, 0.6) is 5.75 Å². The number of piperidine rings is 2. The van der Waals surface area contributed by atoms with Gasteiger partial charge in [-0.05, 0) is 30.5 Å². The van der Waals surface area contributed by atoms with Crippen molar-refractivity contribution in [3.05, 3.63) is 35.7 Å². The van der Waals surface area contributed by atoms with Crippen molar-refractivity contribution < 1.29 is 19.0 Å². The van der Waals surface area contributed by atoms with Crippen LogP contribution in [0.25, 0.3) is 0 Å². The highest BCUT2D eigenvalue weighted by atomic mass is 32.1. The molecule has 8 nitrogen and oxygen atoms in total. The zero-order valence-corrected chi connectivity index (χ0v) is 19.3. The standard InChI is InChI=1S/C23H30N4O4S/c1-29-19-4-2-3-17(15-19)16-20-24-22(32-25-20)27-9-5-18(6-10-27)21(28)26-11-7-23(8-12-26)30-13-14-31-23/h2-4,15,18H,5-14,16H2,1H3. The van der Waals surface area contributed by atoms with Crippen LogP contribution in [-0.2, 0) is 20.7 Å². The molecule has 9 heteroatoms. The summed E-state index contributed by atoms with van der Waals surface area (Å²) in [5, 5.41) is 0.948. The Morgan fingerprint density at radius 3 is 2.66 bits per heavy atom. The summed E-state index contributed by atoms with van der Waals surface area (Å²) in [6.45, 7) is 4.47. The largest absolute Gasteiger partial charge is 0.497 e. The second-order valence-electron chi connectivity index (χ2n) is 8.72. The highest BCUT2D eigenvalue weighted by molar-refractivity contribution is 7.09. The number of amides is 1. The minimum atomic E-state index is -0.430. The third kappa shape index (κ3) is 4.60. The molecule has 1 aromatic heterocycles. The number of benzene rings is 1. The summed E-state index contributed by atoms with van der Waals surface area (Å²) in [5.41, 5.74) is 1.13. The molecule has 1 aromatic carbocycles. The number of rotatable bonds is 5. The number of carbonyl (C=O) groups excluding carboxylic acids is 1. The minimum Gasteiger partial charge on any atom is -0.497 e. The van der Waals surface area contributed by atoms with Gasteiger partial charge in [0.2, 0.25) is 11.0 Å². The SMILES string of the molecule is COc1cccc(Cc2nsc(N3CCC(C(=O)N4CCC5(CC4)OCCO5)CC3)n2)c1. The van der Waals surface area contributed by atoms with Crippen LogP contribution < -0.4 is 9.64 Å². The van der Waals surface area contributed by atoms with Crippen molar-refractivity contribution in [3.63, 3.8) is 0 Å².